The van der Waals surface area contributed by atoms with Crippen molar-refractivity contribution in [1.82, 2.24) is 19.7 Å². The number of fused-ring (bicyclic) bond motifs is 1. The number of nitrogens with one attached hydrogen (secondary N) is 1. The molecular formula is C15H14N4O5. The Morgan fingerprint density at radius 2 is 2.00 bits per heavy atom. The summed E-state index contributed by atoms with van der Waals surface area (Å²) in [5.41, 5.74) is -0.825. The second-order valence-corrected chi connectivity index (χ2v) is 4.97. The molecule has 0 atom stereocenters. The Labute approximate surface area is 134 Å². The van der Waals surface area contributed by atoms with Crippen LogP contribution in [0.15, 0.2) is 38.3 Å². The summed E-state index contributed by atoms with van der Waals surface area (Å²) in [4.78, 5) is 37.9. The second-order valence-electron chi connectivity index (χ2n) is 4.97. The van der Waals surface area contributed by atoms with Crippen molar-refractivity contribution >= 4 is 16.9 Å². The minimum Gasteiger partial charge on any atom is -0.454 e. The summed E-state index contributed by atoms with van der Waals surface area (Å²) in [6.45, 7) is 1.34. The van der Waals surface area contributed by atoms with E-state index in [0.29, 0.717) is 23.2 Å². The second kappa shape index (κ2) is 6.49. The number of hydrogen-bond donors (Lipinski definition) is 1. The molecule has 3 rings (SSSR count). The van der Waals surface area contributed by atoms with Gasteiger partial charge < -0.3 is 9.15 Å². The largest absolute Gasteiger partial charge is 0.454 e. The minimum absolute atomic E-state index is 0.179. The van der Waals surface area contributed by atoms with Crippen LogP contribution in [0, 0.1) is 0 Å². The van der Waals surface area contributed by atoms with Crippen molar-refractivity contribution in [1.29, 1.82) is 0 Å². The lowest BCUT2D eigenvalue weighted by atomic mass is 10.2. The van der Waals surface area contributed by atoms with Crippen LogP contribution in [-0.2, 0) is 29.1 Å². The fourth-order valence-corrected chi connectivity index (χ4v) is 2.21. The Balaban J connectivity index is 1.78. The molecule has 0 spiro atoms. The highest BCUT2D eigenvalue weighted by atomic mass is 16.5. The molecule has 0 saturated carbocycles. The molecule has 0 aliphatic rings. The summed E-state index contributed by atoms with van der Waals surface area (Å²) in [6.07, 6.45) is 0.583. The maximum atomic E-state index is 12.0. The number of benzene rings is 1. The number of esters is 1. The fourth-order valence-electron chi connectivity index (χ4n) is 2.21. The predicted octanol–water partition coefficient (Wildman–Crippen LogP) is 0.379. The lowest BCUT2D eigenvalue weighted by molar-refractivity contribution is -0.146. The van der Waals surface area contributed by atoms with Crippen LogP contribution < -0.4 is 11.2 Å². The number of aromatic nitrogens is 4. The molecule has 0 saturated heterocycles. The Morgan fingerprint density at radius 3 is 2.75 bits per heavy atom. The van der Waals surface area contributed by atoms with Crippen LogP contribution >= 0.6 is 0 Å². The van der Waals surface area contributed by atoms with E-state index in [2.05, 4.69) is 15.2 Å². The average Bonchev–Trinajstić information content (AvgIpc) is 3.05. The summed E-state index contributed by atoms with van der Waals surface area (Å²) in [5.74, 6) is -0.0340. The van der Waals surface area contributed by atoms with Crippen LogP contribution in [0.1, 0.15) is 18.7 Å². The summed E-state index contributed by atoms with van der Waals surface area (Å²) < 4.78 is 11.4. The lowest BCUT2D eigenvalue weighted by Crippen LogP contribution is -2.32. The molecule has 2 heterocycles. The standard InChI is InChI=1S/C15H14N4O5/c1-2-11-17-18-12(24-11)8-23-13(20)7-19-10-6-4-3-5-9(10)14(21)16-15(19)22/h3-6H,2,7-8H2,1H3,(H,16,21,22). The van der Waals surface area contributed by atoms with Gasteiger partial charge in [-0.25, -0.2) is 4.79 Å². The SMILES string of the molecule is CCc1nnc(COC(=O)Cn2c(=O)[nH]c(=O)c3ccccc32)o1. The quantitative estimate of drug-likeness (QED) is 0.671. The molecule has 124 valence electrons. The third kappa shape index (κ3) is 3.09. The van der Waals surface area contributed by atoms with Gasteiger partial charge in [0.05, 0.1) is 10.9 Å². The first kappa shape index (κ1) is 15.7. The van der Waals surface area contributed by atoms with E-state index in [1.165, 1.54) is 0 Å². The number of para-hydroxylation sites is 1. The molecule has 1 aromatic carbocycles. The molecule has 3 aromatic rings. The minimum atomic E-state index is -0.679. The molecule has 0 amide bonds. The zero-order valence-corrected chi connectivity index (χ0v) is 12.8. The van der Waals surface area contributed by atoms with E-state index >= 15 is 0 Å². The zero-order chi connectivity index (χ0) is 17.1. The fraction of sp³-hybridized carbons (Fsp3) is 0.267. The van der Waals surface area contributed by atoms with Crippen molar-refractivity contribution in [3.63, 3.8) is 0 Å². The molecule has 0 aliphatic heterocycles. The van der Waals surface area contributed by atoms with E-state index in [-0.39, 0.29) is 19.0 Å². The molecule has 1 N–H and O–H groups in total. The zero-order valence-electron chi connectivity index (χ0n) is 12.8. The van der Waals surface area contributed by atoms with Crippen molar-refractivity contribution < 1.29 is 13.9 Å². The lowest BCUT2D eigenvalue weighted by Gasteiger charge is -2.08. The van der Waals surface area contributed by atoms with Gasteiger partial charge in [0, 0.05) is 6.42 Å². The highest BCUT2D eigenvalue weighted by Gasteiger charge is 2.13. The first-order valence-corrected chi connectivity index (χ1v) is 7.27. The highest BCUT2D eigenvalue weighted by Crippen LogP contribution is 2.07. The van der Waals surface area contributed by atoms with E-state index in [0.717, 1.165) is 4.57 Å². The van der Waals surface area contributed by atoms with Gasteiger partial charge in [0.25, 0.3) is 11.4 Å². The van der Waals surface area contributed by atoms with Crippen LogP contribution in [0.2, 0.25) is 0 Å². The van der Waals surface area contributed by atoms with Crippen LogP contribution in [0.5, 0.6) is 0 Å². The van der Waals surface area contributed by atoms with Gasteiger partial charge in [-0.1, -0.05) is 19.1 Å². The predicted molar refractivity (Wildman–Crippen MR) is 82.3 cm³/mol. The third-order valence-electron chi connectivity index (χ3n) is 3.36. The summed E-state index contributed by atoms with van der Waals surface area (Å²) >= 11 is 0. The number of aromatic amines is 1. The molecule has 2 aromatic heterocycles. The monoisotopic (exact) mass is 330 g/mol. The number of carbonyl (C=O) groups is 1. The Hall–Kier alpha value is -3.23. The molecule has 0 radical (unpaired) electrons. The molecule has 0 aliphatic carbocycles. The number of ether oxygens (including phenoxy) is 1. The number of rotatable bonds is 5. The van der Waals surface area contributed by atoms with E-state index in [1.807, 2.05) is 6.92 Å². The van der Waals surface area contributed by atoms with Crippen molar-refractivity contribution in [2.45, 2.75) is 26.5 Å². The van der Waals surface area contributed by atoms with E-state index in [9.17, 15) is 14.4 Å². The molecule has 0 fully saturated rings. The normalized spacial score (nSPS) is 10.9. The van der Waals surface area contributed by atoms with Crippen LogP contribution in [-0.4, -0.2) is 25.7 Å². The van der Waals surface area contributed by atoms with Gasteiger partial charge in [0.1, 0.15) is 6.54 Å². The van der Waals surface area contributed by atoms with Gasteiger partial charge in [-0.3, -0.25) is 19.1 Å². The number of nitrogens with zero attached hydrogens (tertiary/aromatic N) is 3. The Morgan fingerprint density at radius 1 is 1.25 bits per heavy atom. The first-order chi connectivity index (χ1) is 11.6. The summed E-state index contributed by atoms with van der Waals surface area (Å²) in [7, 11) is 0. The number of H-pyrrole nitrogens is 1. The van der Waals surface area contributed by atoms with Gasteiger partial charge in [-0.2, -0.15) is 0 Å². The summed E-state index contributed by atoms with van der Waals surface area (Å²) in [5, 5.41) is 7.81. The highest BCUT2D eigenvalue weighted by molar-refractivity contribution is 5.79. The van der Waals surface area contributed by atoms with E-state index < -0.39 is 17.2 Å². The van der Waals surface area contributed by atoms with Gasteiger partial charge in [0.15, 0.2) is 6.61 Å². The van der Waals surface area contributed by atoms with Gasteiger partial charge in [0.2, 0.25) is 5.89 Å². The van der Waals surface area contributed by atoms with E-state index in [4.69, 9.17) is 9.15 Å². The van der Waals surface area contributed by atoms with Crippen molar-refractivity contribution in [3.8, 4) is 0 Å². The maximum Gasteiger partial charge on any atom is 0.329 e. The molecule has 0 bridgehead atoms. The van der Waals surface area contributed by atoms with Crippen molar-refractivity contribution in [2.24, 2.45) is 0 Å². The average molecular weight is 330 g/mol. The third-order valence-corrected chi connectivity index (χ3v) is 3.36. The van der Waals surface area contributed by atoms with Crippen molar-refractivity contribution in [3.05, 3.63) is 56.9 Å². The molecule has 24 heavy (non-hydrogen) atoms. The number of hydrogen-bond acceptors (Lipinski definition) is 7. The van der Waals surface area contributed by atoms with Crippen LogP contribution in [0.3, 0.4) is 0 Å². The van der Waals surface area contributed by atoms with Crippen LogP contribution in [0.4, 0.5) is 0 Å². The Bertz CT molecular complexity index is 1000. The van der Waals surface area contributed by atoms with Crippen LogP contribution in [0.25, 0.3) is 10.9 Å². The number of aryl methyl sites for hydroxylation is 1. The first-order valence-electron chi connectivity index (χ1n) is 7.27. The van der Waals surface area contributed by atoms with Gasteiger partial charge in [-0.05, 0) is 12.1 Å². The van der Waals surface area contributed by atoms with Crippen molar-refractivity contribution in [2.75, 3.05) is 0 Å². The topological polar surface area (TPSA) is 120 Å². The molecule has 9 heteroatoms. The molecular weight excluding hydrogens is 316 g/mol. The van der Waals surface area contributed by atoms with Gasteiger partial charge >= 0.3 is 11.7 Å². The van der Waals surface area contributed by atoms with Gasteiger partial charge in [-0.15, -0.1) is 10.2 Å². The summed E-state index contributed by atoms with van der Waals surface area (Å²) in [6, 6.07) is 6.50. The molecule has 0 unspecified atom stereocenters. The maximum absolute atomic E-state index is 12.0. The molecule has 9 nitrogen and oxygen atoms in total. The Kier molecular flexibility index (Phi) is 4.23. The smallest absolute Gasteiger partial charge is 0.329 e. The number of carbonyl (C=O) groups excluding carboxylic acids is 1. The van der Waals surface area contributed by atoms with E-state index in [1.54, 1.807) is 24.3 Å².